The van der Waals surface area contributed by atoms with Crippen molar-refractivity contribution in [2.45, 2.75) is 84.5 Å². The van der Waals surface area contributed by atoms with E-state index in [0.717, 1.165) is 11.7 Å². The van der Waals surface area contributed by atoms with Gasteiger partial charge in [-0.25, -0.2) is 4.98 Å². The van der Waals surface area contributed by atoms with E-state index in [4.69, 9.17) is 4.98 Å². The van der Waals surface area contributed by atoms with Gasteiger partial charge < -0.3 is 0 Å². The summed E-state index contributed by atoms with van der Waals surface area (Å²) in [5.41, 5.74) is 7.20. The van der Waals surface area contributed by atoms with Gasteiger partial charge in [0, 0.05) is 18.0 Å². The molecule has 0 aliphatic heterocycles. The zero-order valence-corrected chi connectivity index (χ0v) is 20.2. The van der Waals surface area contributed by atoms with E-state index in [2.05, 4.69) is 94.8 Å². The third-order valence-electron chi connectivity index (χ3n) is 7.77. The van der Waals surface area contributed by atoms with E-state index in [1.54, 1.807) is 0 Å². The number of hydrogen-bond donors (Lipinski definition) is 0. The number of hydrogen-bond acceptors (Lipinski definition) is 1. The second-order valence-electron chi connectivity index (χ2n) is 9.91. The van der Waals surface area contributed by atoms with Gasteiger partial charge in [-0.15, -0.1) is 0 Å². The van der Waals surface area contributed by atoms with Crippen molar-refractivity contribution in [3.63, 3.8) is 0 Å². The van der Waals surface area contributed by atoms with Gasteiger partial charge in [-0.1, -0.05) is 90.4 Å². The molecule has 0 bridgehead atoms. The van der Waals surface area contributed by atoms with Gasteiger partial charge in [-0.3, -0.25) is 4.57 Å². The molecular formula is C29H38N2. The van der Waals surface area contributed by atoms with E-state index < -0.39 is 0 Å². The van der Waals surface area contributed by atoms with E-state index in [9.17, 15) is 0 Å². The van der Waals surface area contributed by atoms with E-state index in [1.165, 1.54) is 53.6 Å². The standard InChI is InChI=1S/C29H38N2/c1-7-22-16-17-29(22,8-2)26-15-10-9-12-25(26)28-30-18-19-31(28)27-23(20(3)4)13-11-14-24(27)21(5)6/h9-15,18-22H,7-8,16-17H2,1-6H3. The van der Waals surface area contributed by atoms with Crippen LogP contribution in [0.3, 0.4) is 0 Å². The van der Waals surface area contributed by atoms with Gasteiger partial charge in [-0.2, -0.15) is 0 Å². The molecule has 0 radical (unpaired) electrons. The Kier molecular flexibility index (Phi) is 6.10. The summed E-state index contributed by atoms with van der Waals surface area (Å²) >= 11 is 0. The zero-order chi connectivity index (χ0) is 22.2. The average Bonchev–Trinajstić information content (AvgIpc) is 3.23. The second kappa shape index (κ2) is 8.65. The molecule has 0 saturated heterocycles. The lowest BCUT2D eigenvalue weighted by atomic mass is 9.54. The van der Waals surface area contributed by atoms with Crippen LogP contribution in [0.2, 0.25) is 0 Å². The van der Waals surface area contributed by atoms with Gasteiger partial charge in [0.15, 0.2) is 0 Å². The van der Waals surface area contributed by atoms with Crippen LogP contribution in [-0.2, 0) is 5.41 Å². The van der Waals surface area contributed by atoms with Crippen molar-refractivity contribution >= 4 is 0 Å². The number of imidazole rings is 1. The first-order valence-electron chi connectivity index (χ1n) is 12.2. The summed E-state index contributed by atoms with van der Waals surface area (Å²) < 4.78 is 2.37. The lowest BCUT2D eigenvalue weighted by molar-refractivity contribution is 0.110. The van der Waals surface area contributed by atoms with Crippen LogP contribution in [0, 0.1) is 5.92 Å². The summed E-state index contributed by atoms with van der Waals surface area (Å²) in [4.78, 5) is 4.94. The van der Waals surface area contributed by atoms with Gasteiger partial charge in [-0.05, 0) is 59.1 Å². The fourth-order valence-electron chi connectivity index (χ4n) is 5.89. The molecule has 0 spiro atoms. The van der Waals surface area contributed by atoms with Crippen LogP contribution in [0.25, 0.3) is 17.1 Å². The van der Waals surface area contributed by atoms with Crippen LogP contribution in [0.4, 0.5) is 0 Å². The summed E-state index contributed by atoms with van der Waals surface area (Å²) in [5.74, 6) is 2.77. The lowest BCUT2D eigenvalue weighted by Crippen LogP contribution is -2.44. The van der Waals surface area contributed by atoms with Crippen molar-refractivity contribution in [2.24, 2.45) is 5.92 Å². The fraction of sp³-hybridized carbons (Fsp3) is 0.483. The molecule has 1 aliphatic rings. The maximum Gasteiger partial charge on any atom is 0.144 e. The molecule has 3 aromatic rings. The minimum absolute atomic E-state index is 0.292. The fourth-order valence-corrected chi connectivity index (χ4v) is 5.89. The summed E-state index contributed by atoms with van der Waals surface area (Å²) in [5, 5.41) is 0. The van der Waals surface area contributed by atoms with Crippen molar-refractivity contribution in [3.8, 4) is 17.1 Å². The van der Waals surface area contributed by atoms with E-state index in [-0.39, 0.29) is 0 Å². The minimum atomic E-state index is 0.292. The van der Waals surface area contributed by atoms with Crippen molar-refractivity contribution in [3.05, 3.63) is 71.5 Å². The number of aromatic nitrogens is 2. The highest BCUT2D eigenvalue weighted by atomic mass is 15.1. The summed E-state index contributed by atoms with van der Waals surface area (Å²) in [6, 6.07) is 15.9. The average molecular weight is 415 g/mol. The van der Waals surface area contributed by atoms with Gasteiger partial charge in [0.05, 0.1) is 5.69 Å². The summed E-state index contributed by atoms with van der Waals surface area (Å²) in [6.07, 6.45) is 9.23. The number of nitrogens with zero attached hydrogens (tertiary/aromatic N) is 2. The van der Waals surface area contributed by atoms with E-state index >= 15 is 0 Å². The van der Waals surface area contributed by atoms with Crippen LogP contribution in [0.1, 0.15) is 95.8 Å². The molecule has 1 aromatic heterocycles. The molecule has 2 unspecified atom stereocenters. The molecule has 1 aliphatic carbocycles. The predicted molar refractivity (Wildman–Crippen MR) is 132 cm³/mol. The van der Waals surface area contributed by atoms with Crippen LogP contribution in [0.15, 0.2) is 54.9 Å². The molecule has 1 fully saturated rings. The van der Waals surface area contributed by atoms with Gasteiger partial charge in [0.25, 0.3) is 0 Å². The van der Waals surface area contributed by atoms with Gasteiger partial charge in [0.1, 0.15) is 5.82 Å². The van der Waals surface area contributed by atoms with Crippen molar-refractivity contribution < 1.29 is 0 Å². The molecule has 2 aromatic carbocycles. The molecule has 2 heteroatoms. The molecule has 2 atom stereocenters. The molecule has 2 nitrogen and oxygen atoms in total. The Morgan fingerprint density at radius 3 is 2.19 bits per heavy atom. The predicted octanol–water partition coefficient (Wildman–Crippen LogP) is 8.25. The topological polar surface area (TPSA) is 17.8 Å². The molecule has 1 saturated carbocycles. The Labute approximate surface area is 188 Å². The molecule has 1 heterocycles. The Balaban J connectivity index is 1.94. The smallest absolute Gasteiger partial charge is 0.144 e. The Hall–Kier alpha value is -2.35. The first-order chi connectivity index (χ1) is 14.9. The maximum absolute atomic E-state index is 4.94. The Bertz CT molecular complexity index is 1010. The van der Waals surface area contributed by atoms with Gasteiger partial charge in [0.2, 0.25) is 0 Å². The van der Waals surface area contributed by atoms with Crippen molar-refractivity contribution in [2.75, 3.05) is 0 Å². The number of rotatable bonds is 7. The second-order valence-corrected chi connectivity index (χ2v) is 9.91. The highest BCUT2D eigenvalue weighted by molar-refractivity contribution is 5.67. The quantitative estimate of drug-likeness (QED) is 0.380. The monoisotopic (exact) mass is 414 g/mol. The van der Waals surface area contributed by atoms with Crippen molar-refractivity contribution in [1.29, 1.82) is 0 Å². The van der Waals surface area contributed by atoms with Crippen LogP contribution < -0.4 is 0 Å². The third-order valence-corrected chi connectivity index (χ3v) is 7.77. The van der Waals surface area contributed by atoms with Gasteiger partial charge >= 0.3 is 0 Å². The van der Waals surface area contributed by atoms with E-state index in [1.807, 2.05) is 6.20 Å². The lowest BCUT2D eigenvalue weighted by Gasteiger charge is -2.50. The van der Waals surface area contributed by atoms with Crippen LogP contribution >= 0.6 is 0 Å². The number of benzene rings is 2. The van der Waals surface area contributed by atoms with Crippen molar-refractivity contribution in [1.82, 2.24) is 9.55 Å². The summed E-state index contributed by atoms with van der Waals surface area (Å²) in [7, 11) is 0. The van der Waals surface area contributed by atoms with Crippen LogP contribution in [-0.4, -0.2) is 9.55 Å². The highest BCUT2D eigenvalue weighted by Crippen LogP contribution is 2.54. The highest BCUT2D eigenvalue weighted by Gasteiger charge is 2.46. The minimum Gasteiger partial charge on any atom is -0.299 e. The maximum atomic E-state index is 4.94. The molecule has 164 valence electrons. The third kappa shape index (κ3) is 3.54. The molecule has 4 rings (SSSR count). The molecule has 0 N–H and O–H groups in total. The molecular weight excluding hydrogens is 376 g/mol. The first-order valence-corrected chi connectivity index (χ1v) is 12.2. The molecule has 31 heavy (non-hydrogen) atoms. The Morgan fingerprint density at radius 1 is 0.968 bits per heavy atom. The SMILES string of the molecule is CCC1CCC1(CC)c1ccccc1-c1nccn1-c1c(C(C)C)cccc1C(C)C. The largest absolute Gasteiger partial charge is 0.299 e. The summed E-state index contributed by atoms with van der Waals surface area (Å²) in [6.45, 7) is 13.9. The first kappa shape index (κ1) is 21.9. The number of para-hydroxylation sites is 1. The van der Waals surface area contributed by atoms with E-state index in [0.29, 0.717) is 17.3 Å². The zero-order valence-electron chi connectivity index (χ0n) is 20.2. The normalized spacial score (nSPS) is 21.0. The Morgan fingerprint density at radius 2 is 1.65 bits per heavy atom. The molecule has 0 amide bonds. The van der Waals surface area contributed by atoms with Crippen LogP contribution in [0.5, 0.6) is 0 Å².